The van der Waals surface area contributed by atoms with Gasteiger partial charge in [-0.25, -0.2) is 0 Å². The van der Waals surface area contributed by atoms with Crippen LogP contribution in [0.15, 0.2) is 0 Å². The second kappa shape index (κ2) is 8.04. The highest BCUT2D eigenvalue weighted by molar-refractivity contribution is 5.55. The van der Waals surface area contributed by atoms with Crippen molar-refractivity contribution >= 4 is 0 Å². The highest BCUT2D eigenvalue weighted by Crippen LogP contribution is 3.12. The van der Waals surface area contributed by atoms with Crippen molar-refractivity contribution < 1.29 is 0 Å². The van der Waals surface area contributed by atoms with Crippen LogP contribution in [0, 0.1) is 114 Å². The second-order valence-electron chi connectivity index (χ2n) is 19.9. The van der Waals surface area contributed by atoms with E-state index in [1.165, 1.54) is 0 Å². The first-order valence-corrected chi connectivity index (χ1v) is 18.4. The molecule has 0 aliphatic heterocycles. The molecule has 0 radical (unpaired) electrons. The van der Waals surface area contributed by atoms with E-state index in [0.29, 0.717) is 78.3 Å². The number of hydrogen-bond acceptors (Lipinski definition) is 0. The smallest absolute Gasteiger partial charge is 0.00669 e. The fraction of sp³-hybridized carbons (Fsp3) is 1.00. The zero-order chi connectivity index (χ0) is 31.9. The Hall–Kier alpha value is 0. The van der Waals surface area contributed by atoms with E-state index in [-0.39, 0.29) is 0 Å². The summed E-state index contributed by atoms with van der Waals surface area (Å²) in [6.45, 7) is 56.7. The molecule has 5 aliphatic rings. The molecule has 0 aromatic rings. The number of rotatable bonds is 5. The molecule has 15 unspecified atom stereocenters. The van der Waals surface area contributed by atoms with Gasteiger partial charge in [-0.15, -0.1) is 0 Å². The van der Waals surface area contributed by atoms with Crippen LogP contribution in [0.25, 0.3) is 0 Å². The van der Waals surface area contributed by atoms with Crippen LogP contribution >= 0.6 is 0 Å². The van der Waals surface area contributed by atoms with Gasteiger partial charge < -0.3 is 0 Å². The molecule has 5 aliphatic carbocycles. The number of hydrogen-bond donors (Lipinski definition) is 0. The van der Waals surface area contributed by atoms with Gasteiger partial charge in [0.2, 0.25) is 0 Å². The lowest BCUT2D eigenvalue weighted by Gasteiger charge is -3.05. The maximum atomic E-state index is 2.84. The van der Waals surface area contributed by atoms with E-state index in [4.69, 9.17) is 0 Å². The summed E-state index contributed by atoms with van der Waals surface area (Å²) >= 11 is 0. The van der Waals surface area contributed by atoms with Gasteiger partial charge in [-0.05, 0) is 114 Å². The Bertz CT molecular complexity index is 1110. The fourth-order valence-electron chi connectivity index (χ4n) is 18.4. The molecule has 5 fully saturated rings. The predicted molar refractivity (Wildman–Crippen MR) is 179 cm³/mol. The highest BCUT2D eigenvalue weighted by Gasteiger charge is 3.09. The molecule has 0 heteroatoms. The summed E-state index contributed by atoms with van der Waals surface area (Å²) in [5.74, 6) is 8.01. The van der Waals surface area contributed by atoms with E-state index in [9.17, 15) is 0 Å². The third-order valence-corrected chi connectivity index (χ3v) is 20.7. The second-order valence-corrected chi connectivity index (χ2v) is 19.9. The Balaban J connectivity index is 2.01. The van der Waals surface area contributed by atoms with Gasteiger partial charge in [0.15, 0.2) is 0 Å². The Morgan fingerprint density at radius 1 is 0.317 bits per heavy atom. The first-order valence-electron chi connectivity index (χ1n) is 18.4. The average molecular weight is 567 g/mol. The van der Waals surface area contributed by atoms with Crippen molar-refractivity contribution in [2.45, 2.75) is 145 Å². The summed E-state index contributed by atoms with van der Waals surface area (Å²) in [6, 6.07) is 0. The third-order valence-electron chi connectivity index (χ3n) is 20.7. The van der Waals surface area contributed by atoms with Crippen LogP contribution in [0.1, 0.15) is 145 Å². The van der Waals surface area contributed by atoms with E-state index in [0.717, 1.165) is 35.5 Å². The standard InChI is InChI=1S/C41H74/c1-22(2)33(17)27(11)28(12)38(33)29(13)34(18,23(3)4)40(38)31(15)37(21,26(9)10)41(40)32(16)36(20,25(7)8)39(41)30(14)35(39,19)24(5)6/h22-32H,1-21H3. The number of fused-ring (bicyclic) bond motifs is 3. The SMILES string of the molecule is CC(C)C1(C)C(C)C(C)C12C(C)C(C)(C(C)C)C21C(C)C(C)(C(C)C)C12C(C)C(C)(C(C)C)C21C(C)C1(C)C(C)C. The molecule has 0 nitrogen and oxygen atoms in total. The van der Waals surface area contributed by atoms with Crippen LogP contribution in [0.3, 0.4) is 0 Å². The first-order chi connectivity index (χ1) is 18.4. The summed E-state index contributed by atoms with van der Waals surface area (Å²) < 4.78 is 0. The Labute approximate surface area is 258 Å². The third kappa shape index (κ3) is 2.15. The van der Waals surface area contributed by atoms with Crippen LogP contribution in [-0.2, 0) is 0 Å². The zero-order valence-electron chi connectivity index (χ0n) is 31.9. The maximum Gasteiger partial charge on any atom is -0.00669 e. The molecule has 41 heavy (non-hydrogen) atoms. The molecule has 0 aromatic carbocycles. The normalized spacial score (nSPS) is 62.8. The molecule has 0 heterocycles. The van der Waals surface area contributed by atoms with E-state index < -0.39 is 0 Å². The Kier molecular flexibility index (Phi) is 6.35. The quantitative estimate of drug-likeness (QED) is 0.310. The van der Waals surface area contributed by atoms with E-state index in [1.54, 1.807) is 0 Å². The first kappa shape index (κ1) is 32.4. The van der Waals surface area contributed by atoms with Gasteiger partial charge in [0.05, 0.1) is 0 Å². The van der Waals surface area contributed by atoms with Crippen molar-refractivity contribution in [2.24, 2.45) is 114 Å². The highest BCUT2D eigenvalue weighted by atomic mass is 15.1. The van der Waals surface area contributed by atoms with Gasteiger partial charge in [-0.2, -0.15) is 0 Å². The lowest BCUT2D eigenvalue weighted by Crippen LogP contribution is -3.02. The van der Waals surface area contributed by atoms with E-state index >= 15 is 0 Å². The molecular weight excluding hydrogens is 492 g/mol. The fourth-order valence-corrected chi connectivity index (χ4v) is 18.4. The molecule has 4 spiro atoms. The largest absolute Gasteiger partial charge is 0.0622 e. The minimum Gasteiger partial charge on any atom is -0.0622 e. The van der Waals surface area contributed by atoms with Crippen LogP contribution in [-0.4, -0.2) is 0 Å². The van der Waals surface area contributed by atoms with Crippen LogP contribution in [0.4, 0.5) is 0 Å². The summed E-state index contributed by atoms with van der Waals surface area (Å²) in [5.41, 5.74) is 3.24. The molecule has 0 aromatic heterocycles. The maximum absolute atomic E-state index is 2.84. The van der Waals surface area contributed by atoms with Crippen molar-refractivity contribution in [1.29, 1.82) is 0 Å². The lowest BCUT2D eigenvalue weighted by molar-refractivity contribution is -0.593. The zero-order valence-corrected chi connectivity index (χ0v) is 31.9. The van der Waals surface area contributed by atoms with Crippen molar-refractivity contribution in [3.05, 3.63) is 0 Å². The average Bonchev–Trinajstić information content (AvgIpc) is 3.43. The molecule has 5 saturated carbocycles. The molecule has 15 atom stereocenters. The molecule has 0 bridgehead atoms. The predicted octanol–water partition coefficient (Wildman–Crippen LogP) is 12.1. The summed E-state index contributed by atoms with van der Waals surface area (Å²) in [7, 11) is 0. The van der Waals surface area contributed by atoms with E-state index in [1.807, 2.05) is 0 Å². The molecule has 5 rings (SSSR count). The van der Waals surface area contributed by atoms with Gasteiger partial charge in [-0.3, -0.25) is 0 Å². The monoisotopic (exact) mass is 567 g/mol. The molecule has 0 N–H and O–H groups in total. The van der Waals surface area contributed by atoms with Crippen LogP contribution < -0.4 is 0 Å². The van der Waals surface area contributed by atoms with Crippen LogP contribution in [0.5, 0.6) is 0 Å². The van der Waals surface area contributed by atoms with Gasteiger partial charge >= 0.3 is 0 Å². The van der Waals surface area contributed by atoms with Crippen molar-refractivity contribution in [1.82, 2.24) is 0 Å². The van der Waals surface area contributed by atoms with Gasteiger partial charge in [0.1, 0.15) is 0 Å². The Morgan fingerprint density at radius 3 is 0.927 bits per heavy atom. The Morgan fingerprint density at radius 2 is 0.585 bits per heavy atom. The minimum atomic E-state index is 0.335. The summed E-state index contributed by atoms with van der Waals surface area (Å²) in [6.07, 6.45) is 0. The molecule has 238 valence electrons. The van der Waals surface area contributed by atoms with Crippen LogP contribution in [0.2, 0.25) is 0 Å². The van der Waals surface area contributed by atoms with Crippen molar-refractivity contribution in [3.63, 3.8) is 0 Å². The van der Waals surface area contributed by atoms with Gasteiger partial charge in [0.25, 0.3) is 0 Å². The van der Waals surface area contributed by atoms with Crippen molar-refractivity contribution in [3.8, 4) is 0 Å². The van der Waals surface area contributed by atoms with Gasteiger partial charge in [-0.1, -0.05) is 145 Å². The minimum absolute atomic E-state index is 0.335. The van der Waals surface area contributed by atoms with Gasteiger partial charge in [0, 0.05) is 0 Å². The summed E-state index contributed by atoms with van der Waals surface area (Å²) in [5, 5.41) is 0. The van der Waals surface area contributed by atoms with Crippen molar-refractivity contribution in [2.75, 3.05) is 0 Å². The molecule has 0 saturated heterocycles. The molecular formula is C41H74. The van der Waals surface area contributed by atoms with E-state index in [2.05, 4.69) is 145 Å². The topological polar surface area (TPSA) is 0 Å². The lowest BCUT2D eigenvalue weighted by atomic mass is 8.98. The summed E-state index contributed by atoms with van der Waals surface area (Å²) in [4.78, 5) is 0. The molecule has 0 amide bonds.